The van der Waals surface area contributed by atoms with Gasteiger partial charge in [0.2, 0.25) is 0 Å². The van der Waals surface area contributed by atoms with Crippen LogP contribution < -0.4 is 5.32 Å². The van der Waals surface area contributed by atoms with Gasteiger partial charge in [0.05, 0.1) is 5.75 Å². The first-order valence-electron chi connectivity index (χ1n) is 4.77. The van der Waals surface area contributed by atoms with E-state index in [0.717, 1.165) is 0 Å². The van der Waals surface area contributed by atoms with E-state index in [4.69, 9.17) is 4.55 Å². The molecule has 0 bridgehead atoms. The van der Waals surface area contributed by atoms with Crippen molar-refractivity contribution in [2.75, 3.05) is 12.3 Å². The van der Waals surface area contributed by atoms with Gasteiger partial charge in [-0.25, -0.2) is 0 Å². The van der Waals surface area contributed by atoms with Crippen LogP contribution in [0.4, 0.5) is 0 Å². The van der Waals surface area contributed by atoms with Gasteiger partial charge in [0.25, 0.3) is 16.0 Å². The van der Waals surface area contributed by atoms with Crippen molar-refractivity contribution in [1.82, 2.24) is 5.32 Å². The molecular weight excluding hydrogens is 270 g/mol. The Hall–Kier alpha value is -0.140. The quantitative estimate of drug-likeness (QED) is 0.445. The van der Waals surface area contributed by atoms with E-state index in [0.29, 0.717) is 5.56 Å². The molecule has 1 aromatic rings. The average Bonchev–Trinajstić information content (AvgIpc) is 2.24. The molecule has 0 unspecified atom stereocenters. The summed E-state index contributed by atoms with van der Waals surface area (Å²) >= 11 is 0. The Morgan fingerprint density at radius 2 is 1.82 bits per heavy atom. The summed E-state index contributed by atoms with van der Waals surface area (Å²) in [6, 6.07) is 8.62. The molecule has 0 aromatic heterocycles. The molecule has 92 valence electrons. The van der Waals surface area contributed by atoms with Crippen molar-refractivity contribution in [2.24, 2.45) is 0 Å². The van der Waals surface area contributed by atoms with Crippen molar-refractivity contribution in [2.45, 2.75) is 6.42 Å². The van der Waals surface area contributed by atoms with Crippen molar-refractivity contribution in [3.05, 3.63) is 35.9 Å². The maximum atomic E-state index is 11.4. The van der Waals surface area contributed by atoms with Crippen LogP contribution in [-0.2, 0) is 10.1 Å². The fraction of sp³-hybridized carbons (Fsp3) is 0.300. The molecule has 0 aliphatic rings. The van der Waals surface area contributed by atoms with Crippen LogP contribution in [0.25, 0.3) is 0 Å². The number of hydrogen-bond donors (Lipinski definition) is 2. The van der Waals surface area contributed by atoms with Gasteiger partial charge in [-0.1, -0.05) is 18.2 Å². The summed E-state index contributed by atoms with van der Waals surface area (Å²) in [6.07, 6.45) is 0.192. The molecule has 2 N–H and O–H groups in total. The minimum atomic E-state index is -3.94. The van der Waals surface area contributed by atoms with Gasteiger partial charge in [0.1, 0.15) is 0 Å². The number of nitrogens with one attached hydrogen (secondary N) is 1. The van der Waals surface area contributed by atoms with Gasteiger partial charge in [-0.3, -0.25) is 9.35 Å². The Labute approximate surface area is 130 Å². The monoisotopic (exact) mass is 285 g/mol. The molecule has 0 heterocycles. The molecule has 0 atom stereocenters. The Morgan fingerprint density at radius 1 is 1.24 bits per heavy atom. The summed E-state index contributed by atoms with van der Waals surface area (Å²) in [6.45, 7) is 0.216. The van der Waals surface area contributed by atoms with Crippen LogP contribution in [-0.4, -0.2) is 68.9 Å². The zero-order valence-corrected chi connectivity index (χ0v) is 9.40. The molecule has 0 saturated heterocycles. The third-order valence-corrected chi connectivity index (χ3v) is 2.71. The summed E-state index contributed by atoms with van der Waals surface area (Å²) in [7, 11) is -3.94. The van der Waals surface area contributed by atoms with Crippen molar-refractivity contribution in [1.29, 1.82) is 0 Å². The summed E-state index contributed by atoms with van der Waals surface area (Å²) in [4.78, 5) is 11.4. The second kappa shape index (κ2) is 8.05. The molecule has 1 aromatic carbocycles. The molecule has 1 rings (SSSR count). The van der Waals surface area contributed by atoms with Crippen LogP contribution in [0, 0.1) is 0 Å². The SMILES string of the molecule is O=C(NCCCS(=O)(=O)O)c1ccccc1.[CaH2]. The standard InChI is InChI=1S/C10H13NO4S.Ca.2H/c12-10(9-5-2-1-3-6-9)11-7-4-8-16(13,14)15;;;/h1-3,5-6H,4,7-8H2,(H,11,12)(H,13,14,15);;;. The number of amides is 1. The van der Waals surface area contributed by atoms with Gasteiger partial charge < -0.3 is 5.32 Å². The average molecular weight is 285 g/mol. The van der Waals surface area contributed by atoms with Crippen LogP contribution in [0.3, 0.4) is 0 Å². The zero-order valence-electron chi connectivity index (χ0n) is 8.59. The third-order valence-electron chi connectivity index (χ3n) is 1.90. The van der Waals surface area contributed by atoms with Crippen molar-refractivity contribution in [3.63, 3.8) is 0 Å². The Bertz CT molecular complexity index is 447. The normalized spacial score (nSPS) is 10.4. The predicted molar refractivity (Wildman–Crippen MR) is 68.4 cm³/mol. The van der Waals surface area contributed by atoms with Gasteiger partial charge in [-0.15, -0.1) is 0 Å². The fourth-order valence-electron chi connectivity index (χ4n) is 1.15. The molecule has 0 aliphatic heterocycles. The van der Waals surface area contributed by atoms with E-state index in [1.54, 1.807) is 30.3 Å². The zero-order chi connectivity index (χ0) is 12.0. The van der Waals surface area contributed by atoms with E-state index < -0.39 is 10.1 Å². The second-order valence-corrected chi connectivity index (χ2v) is 4.83. The molecule has 5 nitrogen and oxygen atoms in total. The van der Waals surface area contributed by atoms with Crippen molar-refractivity contribution < 1.29 is 17.8 Å². The van der Waals surface area contributed by atoms with Gasteiger partial charge in [0.15, 0.2) is 0 Å². The first kappa shape index (κ1) is 16.9. The van der Waals surface area contributed by atoms with Gasteiger partial charge in [-0.2, -0.15) is 8.42 Å². The van der Waals surface area contributed by atoms with Crippen molar-refractivity contribution in [3.8, 4) is 0 Å². The number of benzene rings is 1. The molecule has 17 heavy (non-hydrogen) atoms. The van der Waals surface area contributed by atoms with Crippen LogP contribution in [0.2, 0.25) is 0 Å². The number of hydrogen-bond acceptors (Lipinski definition) is 3. The summed E-state index contributed by atoms with van der Waals surface area (Å²) in [5, 5.41) is 2.56. The van der Waals surface area contributed by atoms with Gasteiger partial charge >= 0.3 is 37.7 Å². The van der Waals surface area contributed by atoms with E-state index in [-0.39, 0.29) is 62.4 Å². The Balaban J connectivity index is 0.00000256. The van der Waals surface area contributed by atoms with E-state index in [9.17, 15) is 13.2 Å². The van der Waals surface area contributed by atoms with Gasteiger partial charge in [0, 0.05) is 12.1 Å². The molecule has 0 aliphatic carbocycles. The van der Waals surface area contributed by atoms with Crippen LogP contribution in [0.5, 0.6) is 0 Å². The van der Waals surface area contributed by atoms with E-state index in [2.05, 4.69) is 5.32 Å². The molecule has 1 amide bonds. The van der Waals surface area contributed by atoms with Crippen LogP contribution in [0.15, 0.2) is 30.3 Å². The summed E-state index contributed by atoms with van der Waals surface area (Å²) in [5.41, 5.74) is 0.523. The van der Waals surface area contributed by atoms with Crippen LogP contribution >= 0.6 is 0 Å². The third kappa shape index (κ3) is 7.72. The molecule has 0 spiro atoms. The van der Waals surface area contributed by atoms with Crippen LogP contribution in [0.1, 0.15) is 16.8 Å². The number of carbonyl (C=O) groups is 1. The number of carbonyl (C=O) groups excluding carboxylic acids is 1. The van der Waals surface area contributed by atoms with E-state index in [1.165, 1.54) is 0 Å². The van der Waals surface area contributed by atoms with E-state index >= 15 is 0 Å². The topological polar surface area (TPSA) is 83.5 Å². The van der Waals surface area contributed by atoms with Crippen molar-refractivity contribution >= 4 is 53.8 Å². The summed E-state index contributed by atoms with van der Waals surface area (Å²) < 4.78 is 29.2. The minimum absolute atomic E-state index is 0. The fourth-order valence-corrected chi connectivity index (χ4v) is 1.66. The molecule has 7 heteroatoms. The van der Waals surface area contributed by atoms with Gasteiger partial charge in [-0.05, 0) is 18.6 Å². The molecular formula is C10H15CaNO4S. The Kier molecular flexibility index (Phi) is 7.98. The number of rotatable bonds is 5. The molecule has 0 fully saturated rings. The first-order valence-corrected chi connectivity index (χ1v) is 6.38. The predicted octanol–water partition coefficient (Wildman–Crippen LogP) is -0.222. The molecule has 0 saturated carbocycles. The second-order valence-electron chi connectivity index (χ2n) is 3.26. The Morgan fingerprint density at radius 3 is 2.35 bits per heavy atom. The first-order chi connectivity index (χ1) is 7.49. The summed E-state index contributed by atoms with van der Waals surface area (Å²) in [5.74, 6) is -0.599. The molecule has 0 radical (unpaired) electrons. The maximum absolute atomic E-state index is 11.4. The van der Waals surface area contributed by atoms with E-state index in [1.807, 2.05) is 0 Å².